The van der Waals surface area contributed by atoms with Crippen LogP contribution in [-0.4, -0.2) is 16.9 Å². The molecule has 4 heteroatoms. The summed E-state index contributed by atoms with van der Waals surface area (Å²) in [6.07, 6.45) is -0.631. The zero-order valence-corrected chi connectivity index (χ0v) is 18.5. The number of carbonyl (C=O) groups excluding carboxylic acids is 1. The molecule has 1 amide bonds. The normalized spacial score (nSPS) is 12.0. The molecule has 33 heavy (non-hydrogen) atoms. The molecule has 164 valence electrons. The van der Waals surface area contributed by atoms with Crippen molar-refractivity contribution in [2.45, 2.75) is 26.1 Å². The van der Waals surface area contributed by atoms with Crippen molar-refractivity contribution < 1.29 is 13.9 Å². The predicted molar refractivity (Wildman–Crippen MR) is 131 cm³/mol. The molecular formula is C29H25NO3. The monoisotopic (exact) mass is 435 g/mol. The van der Waals surface area contributed by atoms with E-state index in [1.54, 1.807) is 0 Å². The Hall–Kier alpha value is -4.05. The molecular weight excluding hydrogens is 410 g/mol. The summed E-state index contributed by atoms with van der Waals surface area (Å²) >= 11 is 0. The number of carbonyl (C=O) groups is 1. The van der Waals surface area contributed by atoms with E-state index in [9.17, 15) is 4.79 Å². The molecule has 1 unspecified atom stereocenters. The minimum atomic E-state index is -0.631. The fourth-order valence-electron chi connectivity index (χ4n) is 4.11. The first-order valence-corrected chi connectivity index (χ1v) is 11.1. The smallest absolute Gasteiger partial charge is 0.263 e. The summed E-state index contributed by atoms with van der Waals surface area (Å²) in [5.41, 5.74) is 3.81. The molecule has 4 aromatic carbocycles. The molecule has 5 aromatic rings. The lowest BCUT2D eigenvalue weighted by Crippen LogP contribution is -2.39. The van der Waals surface area contributed by atoms with Crippen molar-refractivity contribution in [2.75, 3.05) is 0 Å². The summed E-state index contributed by atoms with van der Waals surface area (Å²) in [5.74, 6) is 0.592. The molecule has 0 fully saturated rings. The molecule has 5 rings (SSSR count). The second-order valence-corrected chi connectivity index (χ2v) is 8.18. The number of hydrogen-bond donors (Lipinski definition) is 0. The molecule has 0 aliphatic heterocycles. The van der Waals surface area contributed by atoms with Crippen molar-refractivity contribution in [3.05, 3.63) is 114 Å². The maximum absolute atomic E-state index is 13.5. The number of fused-ring (bicyclic) bond motifs is 3. The predicted octanol–water partition coefficient (Wildman–Crippen LogP) is 6.58. The van der Waals surface area contributed by atoms with Gasteiger partial charge in [-0.3, -0.25) is 4.79 Å². The summed E-state index contributed by atoms with van der Waals surface area (Å²) in [7, 11) is 0. The maximum Gasteiger partial charge on any atom is 0.263 e. The van der Waals surface area contributed by atoms with Crippen LogP contribution >= 0.6 is 0 Å². The summed E-state index contributed by atoms with van der Waals surface area (Å²) in [5, 5.41) is 2.01. The van der Waals surface area contributed by atoms with E-state index in [1.165, 1.54) is 0 Å². The van der Waals surface area contributed by atoms with Gasteiger partial charge in [-0.05, 0) is 42.3 Å². The highest BCUT2D eigenvalue weighted by Gasteiger charge is 2.23. The van der Waals surface area contributed by atoms with Crippen molar-refractivity contribution in [3.8, 4) is 5.75 Å². The Balaban J connectivity index is 1.38. The van der Waals surface area contributed by atoms with E-state index >= 15 is 0 Å². The first-order valence-electron chi connectivity index (χ1n) is 11.1. The fourth-order valence-corrected chi connectivity index (χ4v) is 4.11. The zero-order valence-electron chi connectivity index (χ0n) is 18.5. The lowest BCUT2D eigenvalue weighted by Gasteiger charge is -2.26. The topological polar surface area (TPSA) is 42.7 Å². The van der Waals surface area contributed by atoms with Gasteiger partial charge in [0.05, 0.1) is 0 Å². The number of benzene rings is 4. The van der Waals surface area contributed by atoms with Gasteiger partial charge in [0.25, 0.3) is 5.91 Å². The van der Waals surface area contributed by atoms with Crippen molar-refractivity contribution in [3.63, 3.8) is 0 Å². The van der Waals surface area contributed by atoms with E-state index in [4.69, 9.17) is 9.15 Å². The van der Waals surface area contributed by atoms with E-state index in [0.717, 1.165) is 33.1 Å². The van der Waals surface area contributed by atoms with Crippen LogP contribution in [0.15, 0.2) is 108 Å². The third-order valence-electron chi connectivity index (χ3n) is 5.75. The van der Waals surface area contributed by atoms with E-state index in [2.05, 4.69) is 0 Å². The van der Waals surface area contributed by atoms with Gasteiger partial charge in [-0.25, -0.2) is 0 Å². The van der Waals surface area contributed by atoms with Crippen LogP contribution in [-0.2, 0) is 17.9 Å². The fraction of sp³-hybridized carbons (Fsp3) is 0.138. The lowest BCUT2D eigenvalue weighted by molar-refractivity contribution is -0.139. The van der Waals surface area contributed by atoms with Gasteiger partial charge in [0.15, 0.2) is 6.10 Å². The molecule has 0 aliphatic rings. The van der Waals surface area contributed by atoms with Gasteiger partial charge in [-0.2, -0.15) is 0 Å². The van der Waals surface area contributed by atoms with Crippen molar-refractivity contribution in [2.24, 2.45) is 0 Å². The Morgan fingerprint density at radius 3 is 2.00 bits per heavy atom. The third kappa shape index (κ3) is 4.60. The van der Waals surface area contributed by atoms with Gasteiger partial charge in [-0.15, -0.1) is 0 Å². The van der Waals surface area contributed by atoms with Crippen LogP contribution in [0.5, 0.6) is 5.75 Å². The number of amides is 1. The summed E-state index contributed by atoms with van der Waals surface area (Å²) in [6.45, 7) is 2.85. The third-order valence-corrected chi connectivity index (χ3v) is 5.75. The van der Waals surface area contributed by atoms with Gasteiger partial charge >= 0.3 is 0 Å². The highest BCUT2D eigenvalue weighted by atomic mass is 16.5. The van der Waals surface area contributed by atoms with E-state index in [-0.39, 0.29) is 5.91 Å². The minimum absolute atomic E-state index is 0.0557. The molecule has 0 bridgehead atoms. The molecule has 0 radical (unpaired) electrons. The second-order valence-electron chi connectivity index (χ2n) is 8.18. The zero-order chi connectivity index (χ0) is 22.6. The van der Waals surface area contributed by atoms with E-state index < -0.39 is 6.10 Å². The Morgan fingerprint density at radius 2 is 1.33 bits per heavy atom. The van der Waals surface area contributed by atoms with Crippen molar-refractivity contribution >= 4 is 27.8 Å². The number of hydrogen-bond acceptors (Lipinski definition) is 3. The number of para-hydroxylation sites is 1. The quantitative estimate of drug-likeness (QED) is 0.290. The molecule has 0 aliphatic carbocycles. The number of nitrogens with zero attached hydrogens (tertiary/aromatic N) is 1. The summed E-state index contributed by atoms with van der Waals surface area (Å²) in [6, 6.07) is 33.7. The maximum atomic E-state index is 13.5. The van der Waals surface area contributed by atoms with Crippen LogP contribution in [0.25, 0.3) is 21.9 Å². The Morgan fingerprint density at radius 1 is 0.758 bits per heavy atom. The molecule has 0 saturated carbocycles. The SMILES string of the molecule is CC(Oc1ccc2oc3ccccc3c2c1)C(=O)N(Cc1ccccc1)Cc1ccccc1. The highest BCUT2D eigenvalue weighted by molar-refractivity contribution is 6.05. The molecule has 1 heterocycles. The van der Waals surface area contributed by atoms with Gasteiger partial charge in [0.2, 0.25) is 0 Å². The number of rotatable bonds is 7. The van der Waals surface area contributed by atoms with Gasteiger partial charge in [0, 0.05) is 23.9 Å². The average molecular weight is 436 g/mol. The minimum Gasteiger partial charge on any atom is -0.481 e. The number of furan rings is 1. The molecule has 4 nitrogen and oxygen atoms in total. The van der Waals surface area contributed by atoms with Crippen molar-refractivity contribution in [1.82, 2.24) is 4.90 Å². The summed E-state index contributed by atoms with van der Waals surface area (Å²) in [4.78, 5) is 15.3. The molecule has 0 spiro atoms. The van der Waals surface area contributed by atoms with Crippen LogP contribution in [0.4, 0.5) is 0 Å². The Kier molecular flexibility index (Phi) is 5.81. The highest BCUT2D eigenvalue weighted by Crippen LogP contribution is 2.31. The number of ether oxygens (including phenoxy) is 1. The first-order chi connectivity index (χ1) is 16.2. The van der Waals surface area contributed by atoms with E-state index in [0.29, 0.717) is 18.8 Å². The van der Waals surface area contributed by atoms with E-state index in [1.807, 2.05) is 115 Å². The van der Waals surface area contributed by atoms with Crippen LogP contribution < -0.4 is 4.74 Å². The molecule has 0 N–H and O–H groups in total. The Labute approximate surface area is 193 Å². The van der Waals surface area contributed by atoms with Gasteiger partial charge < -0.3 is 14.1 Å². The molecule has 0 saturated heterocycles. The van der Waals surface area contributed by atoms with Crippen LogP contribution in [0.1, 0.15) is 18.1 Å². The van der Waals surface area contributed by atoms with Crippen LogP contribution in [0.3, 0.4) is 0 Å². The van der Waals surface area contributed by atoms with Crippen LogP contribution in [0, 0.1) is 0 Å². The van der Waals surface area contributed by atoms with Crippen molar-refractivity contribution in [1.29, 1.82) is 0 Å². The largest absolute Gasteiger partial charge is 0.481 e. The molecule has 1 atom stereocenters. The van der Waals surface area contributed by atoms with Gasteiger partial charge in [-0.1, -0.05) is 78.9 Å². The molecule has 1 aromatic heterocycles. The second kappa shape index (κ2) is 9.21. The van der Waals surface area contributed by atoms with Gasteiger partial charge in [0.1, 0.15) is 16.9 Å². The first kappa shape index (κ1) is 20.8. The standard InChI is InChI=1S/C29H25NO3/c1-21(32-24-16-17-28-26(18-24)25-14-8-9-15-27(25)33-28)29(31)30(19-22-10-4-2-5-11-22)20-23-12-6-3-7-13-23/h2-18,21H,19-20H2,1H3. The Bertz CT molecular complexity index is 1330. The lowest BCUT2D eigenvalue weighted by atomic mass is 10.1. The van der Waals surface area contributed by atoms with Crippen LogP contribution in [0.2, 0.25) is 0 Å². The average Bonchev–Trinajstić information content (AvgIpc) is 3.22. The summed E-state index contributed by atoms with van der Waals surface area (Å²) < 4.78 is 12.0.